The zero-order valence-electron chi connectivity index (χ0n) is 21.7. The molecule has 200 valence electrons. The Bertz CT molecular complexity index is 1270. The molecule has 1 amide bonds. The molecule has 1 unspecified atom stereocenters. The SMILES string of the molecule is COCCON(CCc1ccc(Cl)cc1)C(=O)c1ccc(Oc2cc3c(cc2Cl)C(C(=O)[O-])CCO3)cc1.[Na+]. The number of hydroxylamine groups is 2. The van der Waals surface area contributed by atoms with Gasteiger partial charge in [-0.15, -0.1) is 0 Å². The molecular formula is C28H26Cl2NNaO7. The van der Waals surface area contributed by atoms with Crippen molar-refractivity contribution in [1.29, 1.82) is 0 Å². The van der Waals surface area contributed by atoms with Gasteiger partial charge in [0.05, 0.1) is 31.4 Å². The van der Waals surface area contributed by atoms with Gasteiger partial charge in [-0.3, -0.25) is 9.63 Å². The standard InChI is InChI=1S/C28H27Cl2NO7.Na/c1-35-14-15-37-31(12-10-18-2-6-20(29)7-3-18)27(32)19-4-8-21(9-5-19)38-26-17-25-23(16-24(26)30)22(28(33)34)11-13-36-25;/h2-9,16-17,22H,10-15H2,1H3,(H,33,34);/q;+1/p-1. The van der Waals surface area contributed by atoms with Crippen molar-refractivity contribution in [2.45, 2.75) is 18.8 Å². The molecule has 39 heavy (non-hydrogen) atoms. The number of fused-ring (bicyclic) bond motifs is 1. The predicted molar refractivity (Wildman–Crippen MR) is 140 cm³/mol. The molecule has 11 heteroatoms. The molecule has 0 bridgehead atoms. The molecule has 0 fully saturated rings. The molecule has 3 aromatic carbocycles. The van der Waals surface area contributed by atoms with Crippen LogP contribution in [0.15, 0.2) is 60.7 Å². The van der Waals surface area contributed by atoms with Gasteiger partial charge in [-0.2, -0.15) is 0 Å². The third-order valence-electron chi connectivity index (χ3n) is 6.00. The summed E-state index contributed by atoms with van der Waals surface area (Å²) >= 11 is 12.3. The van der Waals surface area contributed by atoms with Gasteiger partial charge in [0.25, 0.3) is 5.91 Å². The van der Waals surface area contributed by atoms with E-state index in [9.17, 15) is 14.7 Å². The van der Waals surface area contributed by atoms with E-state index in [4.69, 9.17) is 42.3 Å². The van der Waals surface area contributed by atoms with Crippen molar-refractivity contribution >= 4 is 35.1 Å². The second-order valence-electron chi connectivity index (χ2n) is 8.57. The molecule has 1 aliphatic rings. The van der Waals surface area contributed by atoms with Crippen molar-refractivity contribution < 1.29 is 63.3 Å². The average Bonchev–Trinajstić information content (AvgIpc) is 2.91. The topological polar surface area (TPSA) is 97.4 Å². The molecule has 0 aliphatic carbocycles. The minimum absolute atomic E-state index is 0. The quantitative estimate of drug-likeness (QED) is 0.193. The summed E-state index contributed by atoms with van der Waals surface area (Å²) in [4.78, 5) is 30.3. The van der Waals surface area contributed by atoms with Gasteiger partial charge in [0.15, 0.2) is 0 Å². The van der Waals surface area contributed by atoms with Gasteiger partial charge in [-0.1, -0.05) is 35.3 Å². The largest absolute Gasteiger partial charge is 1.00 e. The first-order valence-corrected chi connectivity index (χ1v) is 12.7. The number of amides is 1. The van der Waals surface area contributed by atoms with Crippen LogP contribution in [0.3, 0.4) is 0 Å². The zero-order valence-corrected chi connectivity index (χ0v) is 25.2. The fraction of sp³-hybridized carbons (Fsp3) is 0.286. The van der Waals surface area contributed by atoms with Gasteiger partial charge >= 0.3 is 29.6 Å². The van der Waals surface area contributed by atoms with E-state index < -0.39 is 11.9 Å². The van der Waals surface area contributed by atoms with E-state index >= 15 is 0 Å². The van der Waals surface area contributed by atoms with Crippen LogP contribution in [0, 0.1) is 0 Å². The van der Waals surface area contributed by atoms with Crippen molar-refractivity contribution in [3.8, 4) is 17.2 Å². The van der Waals surface area contributed by atoms with Crippen LogP contribution in [0.1, 0.15) is 33.8 Å². The third kappa shape index (κ3) is 8.35. The minimum atomic E-state index is -1.17. The summed E-state index contributed by atoms with van der Waals surface area (Å²) in [6, 6.07) is 17.0. The molecule has 3 aromatic rings. The van der Waals surface area contributed by atoms with Gasteiger partial charge < -0.3 is 24.1 Å². The van der Waals surface area contributed by atoms with Crippen molar-refractivity contribution in [3.63, 3.8) is 0 Å². The van der Waals surface area contributed by atoms with Gasteiger partial charge in [-0.05, 0) is 60.9 Å². The molecule has 1 heterocycles. The summed E-state index contributed by atoms with van der Waals surface area (Å²) in [7, 11) is 1.56. The molecule has 0 radical (unpaired) electrons. The Morgan fingerprint density at radius 2 is 1.77 bits per heavy atom. The summed E-state index contributed by atoms with van der Waals surface area (Å²) in [6.45, 7) is 1.15. The predicted octanol–water partition coefficient (Wildman–Crippen LogP) is 1.67. The molecular weight excluding hydrogens is 556 g/mol. The van der Waals surface area contributed by atoms with E-state index in [0.29, 0.717) is 59.4 Å². The molecule has 1 atom stereocenters. The number of hydrogen-bond acceptors (Lipinski definition) is 7. The summed E-state index contributed by atoms with van der Waals surface area (Å²) in [5.41, 5.74) is 1.88. The fourth-order valence-corrected chi connectivity index (χ4v) is 4.32. The summed E-state index contributed by atoms with van der Waals surface area (Å²) in [6.07, 6.45) is 0.891. The molecule has 8 nitrogen and oxygen atoms in total. The number of carboxylic acid groups (broad SMARTS) is 1. The van der Waals surface area contributed by atoms with Crippen LogP contribution in [0.2, 0.25) is 10.0 Å². The Morgan fingerprint density at radius 3 is 2.44 bits per heavy atom. The van der Waals surface area contributed by atoms with Crippen LogP contribution in [0.4, 0.5) is 0 Å². The van der Waals surface area contributed by atoms with E-state index in [1.165, 1.54) is 11.1 Å². The third-order valence-corrected chi connectivity index (χ3v) is 6.54. The van der Waals surface area contributed by atoms with E-state index in [2.05, 4.69) is 0 Å². The number of methoxy groups -OCH3 is 1. The number of carbonyl (C=O) groups is 2. The Labute approximate surface area is 258 Å². The normalized spacial score (nSPS) is 14.0. The van der Waals surface area contributed by atoms with Crippen molar-refractivity contribution in [2.24, 2.45) is 0 Å². The zero-order chi connectivity index (χ0) is 27.1. The first-order valence-electron chi connectivity index (χ1n) is 12.0. The molecule has 0 saturated carbocycles. The van der Waals surface area contributed by atoms with Crippen molar-refractivity contribution in [3.05, 3.63) is 87.4 Å². The van der Waals surface area contributed by atoms with Crippen LogP contribution in [0.5, 0.6) is 17.2 Å². The number of ether oxygens (including phenoxy) is 3. The number of halogens is 2. The summed E-state index contributed by atoms with van der Waals surface area (Å²) in [5.74, 6) is -1.15. The second kappa shape index (κ2) is 14.9. The number of nitrogens with zero attached hydrogens (tertiary/aromatic N) is 1. The monoisotopic (exact) mass is 581 g/mol. The molecule has 4 rings (SSSR count). The van der Waals surface area contributed by atoms with Gasteiger partial charge in [0.1, 0.15) is 17.2 Å². The Hall–Kier alpha value is -2.30. The van der Waals surface area contributed by atoms with Crippen molar-refractivity contribution in [1.82, 2.24) is 5.06 Å². The van der Waals surface area contributed by atoms with Crippen molar-refractivity contribution in [2.75, 3.05) is 33.5 Å². The minimum Gasteiger partial charge on any atom is -0.549 e. The molecule has 1 aliphatic heterocycles. The van der Waals surface area contributed by atoms with Crippen LogP contribution >= 0.6 is 23.2 Å². The van der Waals surface area contributed by atoms with Crippen LogP contribution < -0.4 is 44.1 Å². The fourth-order valence-electron chi connectivity index (χ4n) is 3.99. The summed E-state index contributed by atoms with van der Waals surface area (Å²) < 4.78 is 16.5. The molecule has 0 N–H and O–H groups in total. The number of benzene rings is 3. The van der Waals surface area contributed by atoms with E-state index in [1.54, 1.807) is 49.6 Å². The second-order valence-corrected chi connectivity index (χ2v) is 9.41. The smallest absolute Gasteiger partial charge is 0.549 e. The maximum Gasteiger partial charge on any atom is 1.00 e. The van der Waals surface area contributed by atoms with Gasteiger partial charge in [0, 0.05) is 41.2 Å². The molecule has 0 aromatic heterocycles. The Kier molecular flexibility index (Phi) is 11.9. The summed E-state index contributed by atoms with van der Waals surface area (Å²) in [5, 5.41) is 13.6. The maximum absolute atomic E-state index is 13.2. The molecule has 0 spiro atoms. The number of carboxylic acids is 1. The van der Waals surface area contributed by atoms with E-state index in [1.807, 2.05) is 12.1 Å². The van der Waals surface area contributed by atoms with Gasteiger partial charge in [-0.25, -0.2) is 5.06 Å². The number of hydrogen-bond donors (Lipinski definition) is 0. The van der Waals surface area contributed by atoms with Gasteiger partial charge in [0.2, 0.25) is 0 Å². The van der Waals surface area contributed by atoms with E-state index in [0.717, 1.165) is 5.56 Å². The number of carbonyl (C=O) groups excluding carboxylic acids is 2. The van der Waals surface area contributed by atoms with Crippen LogP contribution in [-0.4, -0.2) is 50.4 Å². The van der Waals surface area contributed by atoms with Crippen LogP contribution in [-0.2, 0) is 20.8 Å². The Morgan fingerprint density at radius 1 is 1.05 bits per heavy atom. The van der Waals surface area contributed by atoms with E-state index in [-0.39, 0.29) is 53.7 Å². The number of aliphatic carboxylic acids is 1. The maximum atomic E-state index is 13.2. The Balaban J connectivity index is 0.00000420. The first kappa shape index (κ1) is 31.2. The molecule has 0 saturated heterocycles. The first-order chi connectivity index (χ1) is 18.4. The average molecular weight is 582 g/mol. The van der Waals surface area contributed by atoms with Crippen LogP contribution in [0.25, 0.3) is 0 Å². The number of rotatable bonds is 11.